The van der Waals surface area contributed by atoms with Crippen LogP contribution in [-0.2, 0) is 14.3 Å². The van der Waals surface area contributed by atoms with Crippen molar-refractivity contribution >= 4 is 29.3 Å². The zero-order chi connectivity index (χ0) is 20.0. The predicted molar refractivity (Wildman–Crippen MR) is 97.8 cm³/mol. The van der Waals surface area contributed by atoms with Crippen LogP contribution < -0.4 is 10.9 Å². The molecule has 1 amide bonds. The molecule has 2 N–H and O–H groups in total. The van der Waals surface area contributed by atoms with Gasteiger partial charge in [0.05, 0.1) is 16.3 Å². The van der Waals surface area contributed by atoms with E-state index in [1.807, 2.05) is 6.07 Å². The van der Waals surface area contributed by atoms with E-state index in [1.165, 1.54) is 31.2 Å². The number of esters is 1. The molecule has 0 radical (unpaired) electrons. The van der Waals surface area contributed by atoms with Gasteiger partial charge in [0.2, 0.25) is 5.56 Å². The molecule has 0 saturated heterocycles. The second kappa shape index (κ2) is 9.00. The van der Waals surface area contributed by atoms with E-state index in [0.717, 1.165) is 17.8 Å². The Bertz CT molecular complexity index is 968. The van der Waals surface area contributed by atoms with E-state index < -0.39 is 23.8 Å². The maximum Gasteiger partial charge on any atom is 0.317 e. The van der Waals surface area contributed by atoms with E-state index in [9.17, 15) is 18.8 Å². The van der Waals surface area contributed by atoms with Crippen LogP contribution in [0.3, 0.4) is 0 Å². The van der Waals surface area contributed by atoms with Crippen LogP contribution in [0.4, 0.5) is 10.1 Å². The second-order valence-electron chi connectivity index (χ2n) is 5.55. The van der Waals surface area contributed by atoms with Gasteiger partial charge in [-0.05, 0) is 37.6 Å². The summed E-state index contributed by atoms with van der Waals surface area (Å²) in [6.07, 6.45) is -1.10. The van der Waals surface area contributed by atoms with Gasteiger partial charge in [-0.15, -0.1) is 0 Å². The second-order valence-corrected chi connectivity index (χ2v) is 6.54. The molecule has 140 valence electrons. The van der Waals surface area contributed by atoms with E-state index in [0.29, 0.717) is 5.56 Å². The standard InChI is InChI=1S/C18H16FN3O4S/c1-10-6-15(23)22-18(14(10)8-20)27-9-16(24)26-11(2)17(25)21-13-5-3-4-12(19)7-13/h3-7,11H,9H2,1-2H3,(H,21,25)(H,22,23)/t11-/m0/s1. The molecule has 1 aromatic heterocycles. The number of ether oxygens (including phenoxy) is 1. The van der Waals surface area contributed by atoms with Crippen molar-refractivity contribution in [2.45, 2.75) is 25.0 Å². The van der Waals surface area contributed by atoms with Crippen LogP contribution in [-0.4, -0.2) is 28.7 Å². The summed E-state index contributed by atoms with van der Waals surface area (Å²) in [6.45, 7) is 3.00. The number of H-pyrrole nitrogens is 1. The fraction of sp³-hybridized carbons (Fsp3) is 0.222. The van der Waals surface area contributed by atoms with Crippen molar-refractivity contribution in [1.82, 2.24) is 4.98 Å². The third-order valence-corrected chi connectivity index (χ3v) is 4.40. The molecule has 1 atom stereocenters. The monoisotopic (exact) mass is 389 g/mol. The number of rotatable bonds is 6. The number of hydrogen-bond acceptors (Lipinski definition) is 6. The number of aromatic nitrogens is 1. The third-order valence-electron chi connectivity index (χ3n) is 3.42. The first-order chi connectivity index (χ1) is 12.8. The minimum Gasteiger partial charge on any atom is -0.452 e. The lowest BCUT2D eigenvalue weighted by Gasteiger charge is -2.13. The SMILES string of the molecule is Cc1cc(=O)[nH]c(SCC(=O)O[C@@H](C)C(=O)Nc2cccc(F)c2)c1C#N. The first-order valence-corrected chi connectivity index (χ1v) is 8.81. The van der Waals surface area contributed by atoms with Crippen molar-refractivity contribution in [2.24, 2.45) is 0 Å². The van der Waals surface area contributed by atoms with Crippen LogP contribution in [0.25, 0.3) is 0 Å². The molecule has 0 aliphatic rings. The van der Waals surface area contributed by atoms with Crippen molar-refractivity contribution in [3.63, 3.8) is 0 Å². The van der Waals surface area contributed by atoms with Crippen molar-refractivity contribution in [2.75, 3.05) is 11.1 Å². The minimum atomic E-state index is -1.10. The molecule has 0 saturated carbocycles. The molecule has 0 bridgehead atoms. The normalized spacial score (nSPS) is 11.3. The lowest BCUT2D eigenvalue weighted by molar-refractivity contribution is -0.150. The van der Waals surface area contributed by atoms with E-state index in [2.05, 4.69) is 10.3 Å². The number of nitrogens with one attached hydrogen (secondary N) is 2. The lowest BCUT2D eigenvalue weighted by atomic mass is 10.2. The average molecular weight is 389 g/mol. The molecular weight excluding hydrogens is 373 g/mol. The number of aromatic amines is 1. The van der Waals surface area contributed by atoms with Gasteiger partial charge in [0.15, 0.2) is 6.10 Å². The first kappa shape index (κ1) is 20.2. The molecule has 2 rings (SSSR count). The van der Waals surface area contributed by atoms with Gasteiger partial charge in [-0.1, -0.05) is 17.8 Å². The molecule has 0 unspecified atom stereocenters. The maximum absolute atomic E-state index is 13.1. The summed E-state index contributed by atoms with van der Waals surface area (Å²) in [7, 11) is 0. The van der Waals surface area contributed by atoms with Gasteiger partial charge in [0.1, 0.15) is 11.9 Å². The van der Waals surface area contributed by atoms with Gasteiger partial charge in [-0.25, -0.2) is 4.39 Å². The summed E-state index contributed by atoms with van der Waals surface area (Å²) >= 11 is 0.934. The van der Waals surface area contributed by atoms with E-state index in [1.54, 1.807) is 6.92 Å². The molecule has 0 aliphatic heterocycles. The van der Waals surface area contributed by atoms with Crippen LogP contribution in [0, 0.1) is 24.1 Å². The molecule has 0 fully saturated rings. The van der Waals surface area contributed by atoms with Crippen molar-refractivity contribution < 1.29 is 18.7 Å². The number of thioether (sulfide) groups is 1. The van der Waals surface area contributed by atoms with E-state index in [4.69, 9.17) is 10.00 Å². The number of benzene rings is 1. The summed E-state index contributed by atoms with van der Waals surface area (Å²) in [5.41, 5.74) is 0.628. The molecule has 1 heterocycles. The van der Waals surface area contributed by atoms with Crippen LogP contribution in [0.5, 0.6) is 0 Å². The highest BCUT2D eigenvalue weighted by Gasteiger charge is 2.19. The molecule has 1 aromatic carbocycles. The Morgan fingerprint density at radius 2 is 2.15 bits per heavy atom. The highest BCUT2D eigenvalue weighted by Crippen LogP contribution is 2.21. The predicted octanol–water partition coefficient (Wildman–Crippen LogP) is 2.36. The average Bonchev–Trinajstić information content (AvgIpc) is 2.59. The highest BCUT2D eigenvalue weighted by atomic mass is 32.2. The summed E-state index contributed by atoms with van der Waals surface area (Å²) in [6, 6.07) is 8.58. The molecule has 9 heteroatoms. The molecule has 0 spiro atoms. The summed E-state index contributed by atoms with van der Waals surface area (Å²) < 4.78 is 18.2. The number of pyridine rings is 1. The lowest BCUT2D eigenvalue weighted by Crippen LogP contribution is -2.30. The van der Waals surface area contributed by atoms with Gasteiger partial charge >= 0.3 is 5.97 Å². The summed E-state index contributed by atoms with van der Waals surface area (Å²) in [5, 5.41) is 11.9. The zero-order valence-corrected chi connectivity index (χ0v) is 15.4. The fourth-order valence-corrected chi connectivity index (χ4v) is 2.99. The third kappa shape index (κ3) is 5.69. The Labute approximate surface area is 158 Å². The van der Waals surface area contributed by atoms with Gasteiger partial charge in [0.25, 0.3) is 5.91 Å². The summed E-state index contributed by atoms with van der Waals surface area (Å²) in [5.74, 6) is -2.02. The molecule has 2 aromatic rings. The summed E-state index contributed by atoms with van der Waals surface area (Å²) in [4.78, 5) is 38.0. The number of aryl methyl sites for hydroxylation is 1. The maximum atomic E-state index is 13.1. The van der Waals surface area contributed by atoms with Crippen LogP contribution in [0.1, 0.15) is 18.1 Å². The first-order valence-electron chi connectivity index (χ1n) is 7.83. The van der Waals surface area contributed by atoms with Crippen LogP contribution in [0.2, 0.25) is 0 Å². The Morgan fingerprint density at radius 1 is 1.41 bits per heavy atom. The van der Waals surface area contributed by atoms with Crippen LogP contribution in [0.15, 0.2) is 40.2 Å². The highest BCUT2D eigenvalue weighted by molar-refractivity contribution is 7.99. The number of amides is 1. The zero-order valence-electron chi connectivity index (χ0n) is 14.5. The van der Waals surface area contributed by atoms with Crippen molar-refractivity contribution in [3.8, 4) is 6.07 Å². The molecule has 27 heavy (non-hydrogen) atoms. The Morgan fingerprint density at radius 3 is 2.81 bits per heavy atom. The Balaban J connectivity index is 1.93. The quantitative estimate of drug-likeness (QED) is 0.579. The number of nitrogens with zero attached hydrogens (tertiary/aromatic N) is 1. The fourth-order valence-electron chi connectivity index (χ4n) is 2.13. The van der Waals surface area contributed by atoms with Gasteiger partial charge in [0, 0.05) is 11.8 Å². The topological polar surface area (TPSA) is 112 Å². The van der Waals surface area contributed by atoms with Gasteiger partial charge in [-0.2, -0.15) is 5.26 Å². The number of halogens is 1. The molecular formula is C18H16FN3O4S. The molecule has 0 aliphatic carbocycles. The Hall–Kier alpha value is -3.12. The largest absolute Gasteiger partial charge is 0.452 e. The minimum absolute atomic E-state index is 0.203. The Kier molecular flexibility index (Phi) is 6.73. The van der Waals surface area contributed by atoms with Gasteiger partial charge < -0.3 is 15.0 Å². The number of nitriles is 1. The van der Waals surface area contributed by atoms with Crippen molar-refractivity contribution in [1.29, 1.82) is 5.26 Å². The smallest absolute Gasteiger partial charge is 0.317 e. The number of hydrogen-bond donors (Lipinski definition) is 2. The van der Waals surface area contributed by atoms with E-state index >= 15 is 0 Å². The van der Waals surface area contributed by atoms with Crippen molar-refractivity contribution in [3.05, 3.63) is 57.6 Å². The van der Waals surface area contributed by atoms with Gasteiger partial charge in [-0.3, -0.25) is 14.4 Å². The van der Waals surface area contributed by atoms with Crippen LogP contribution >= 0.6 is 11.8 Å². The number of carbonyl (C=O) groups is 2. The molecule has 7 nitrogen and oxygen atoms in total. The number of carbonyl (C=O) groups excluding carboxylic acids is 2. The van der Waals surface area contributed by atoms with E-state index in [-0.39, 0.29) is 27.6 Å². The number of anilines is 1.